The average molecular weight is 240 g/mol. The number of carboxylic acids is 1. The highest BCUT2D eigenvalue weighted by Crippen LogP contribution is 2.33. The van der Waals surface area contributed by atoms with Gasteiger partial charge in [-0.3, -0.25) is 0 Å². The number of thiol groups is 1. The zero-order valence-corrected chi connectivity index (χ0v) is 8.41. The Labute approximate surface area is 90.3 Å². The lowest BCUT2D eigenvalue weighted by Gasteiger charge is -2.43. The van der Waals surface area contributed by atoms with E-state index in [0.29, 0.717) is 0 Å². The fraction of sp³-hybridized carbons (Fsp3) is 0.857. The van der Waals surface area contributed by atoms with Crippen molar-refractivity contribution in [3.63, 3.8) is 0 Å². The van der Waals surface area contributed by atoms with Crippen molar-refractivity contribution in [2.45, 2.75) is 29.3 Å². The molecule has 1 aliphatic heterocycles. The second-order valence-electron chi connectivity index (χ2n) is 3.27. The topological polar surface area (TPSA) is 127 Å². The van der Waals surface area contributed by atoms with E-state index in [0.717, 1.165) is 0 Å². The molecule has 5 atom stereocenters. The van der Waals surface area contributed by atoms with Crippen LogP contribution in [0, 0.1) is 0 Å². The second-order valence-corrected chi connectivity index (χ2v) is 3.93. The Morgan fingerprint density at radius 3 is 2.27 bits per heavy atom. The molecular weight excluding hydrogens is 228 g/mol. The third kappa shape index (κ3) is 1.96. The van der Waals surface area contributed by atoms with Crippen LogP contribution in [0.3, 0.4) is 0 Å². The van der Waals surface area contributed by atoms with E-state index in [2.05, 4.69) is 12.6 Å². The van der Waals surface area contributed by atoms with Gasteiger partial charge in [-0.25, -0.2) is 4.79 Å². The van der Waals surface area contributed by atoms with Crippen LogP contribution < -0.4 is 0 Å². The first-order valence-electron chi connectivity index (χ1n) is 4.13. The van der Waals surface area contributed by atoms with Gasteiger partial charge in [-0.05, 0) is 0 Å². The molecule has 15 heavy (non-hydrogen) atoms. The smallest absolute Gasteiger partial charge is 0.349 e. The molecule has 0 bridgehead atoms. The highest BCUT2D eigenvalue weighted by Gasteiger charge is 2.56. The SMILES string of the molecule is O=C(O)C1(S)O[C@H](CO)[C@@H](O)[C@H](O)[C@H]1O. The number of carboxylic acid groups (broad SMARTS) is 1. The third-order valence-electron chi connectivity index (χ3n) is 2.27. The van der Waals surface area contributed by atoms with Crippen LogP contribution >= 0.6 is 12.6 Å². The fourth-order valence-electron chi connectivity index (χ4n) is 1.33. The van der Waals surface area contributed by atoms with Crippen molar-refractivity contribution >= 4 is 18.6 Å². The van der Waals surface area contributed by atoms with Crippen LogP contribution in [0.1, 0.15) is 0 Å². The number of rotatable bonds is 2. The van der Waals surface area contributed by atoms with Gasteiger partial charge in [0.2, 0.25) is 4.93 Å². The van der Waals surface area contributed by atoms with E-state index >= 15 is 0 Å². The van der Waals surface area contributed by atoms with Gasteiger partial charge in [0.05, 0.1) is 6.61 Å². The van der Waals surface area contributed by atoms with Crippen LogP contribution in [-0.2, 0) is 9.53 Å². The van der Waals surface area contributed by atoms with Crippen LogP contribution in [0.15, 0.2) is 0 Å². The van der Waals surface area contributed by atoms with Crippen molar-refractivity contribution in [3.8, 4) is 0 Å². The Bertz CT molecular complexity index is 258. The predicted octanol–water partition coefficient (Wildman–Crippen LogP) is -2.83. The third-order valence-corrected chi connectivity index (χ3v) is 2.83. The minimum absolute atomic E-state index is 0.694. The maximum Gasteiger partial charge on any atom is 0.349 e. The summed E-state index contributed by atoms with van der Waals surface area (Å²) in [5.74, 6) is -1.61. The van der Waals surface area contributed by atoms with Crippen molar-refractivity contribution in [2.24, 2.45) is 0 Å². The Kier molecular flexibility index (Phi) is 3.59. The minimum Gasteiger partial charge on any atom is -0.478 e. The van der Waals surface area contributed by atoms with Gasteiger partial charge < -0.3 is 30.3 Å². The average Bonchev–Trinajstić information content (AvgIpc) is 2.20. The lowest BCUT2D eigenvalue weighted by atomic mass is 9.94. The summed E-state index contributed by atoms with van der Waals surface area (Å²) in [5, 5.41) is 45.5. The summed E-state index contributed by atoms with van der Waals surface area (Å²) >= 11 is 3.60. The van der Waals surface area contributed by atoms with E-state index in [1.54, 1.807) is 0 Å². The van der Waals surface area contributed by atoms with Crippen LogP contribution in [-0.4, -0.2) is 67.5 Å². The van der Waals surface area contributed by atoms with E-state index in [1.807, 2.05) is 0 Å². The molecule has 7 nitrogen and oxygen atoms in total. The molecule has 8 heteroatoms. The van der Waals surface area contributed by atoms with Crippen LogP contribution in [0.25, 0.3) is 0 Å². The quantitative estimate of drug-likeness (QED) is 0.287. The van der Waals surface area contributed by atoms with Gasteiger partial charge >= 0.3 is 5.97 Å². The largest absolute Gasteiger partial charge is 0.478 e. The normalized spacial score (nSPS) is 46.5. The lowest BCUT2D eigenvalue weighted by molar-refractivity contribution is -0.244. The van der Waals surface area contributed by atoms with Crippen molar-refractivity contribution in [1.29, 1.82) is 0 Å². The van der Waals surface area contributed by atoms with Gasteiger partial charge in [0, 0.05) is 0 Å². The summed E-state index contributed by atoms with van der Waals surface area (Å²) in [6.45, 7) is -0.694. The number of aliphatic hydroxyl groups excluding tert-OH is 4. The maximum atomic E-state index is 10.8. The van der Waals surface area contributed by atoms with E-state index in [4.69, 9.17) is 14.9 Å². The zero-order chi connectivity index (χ0) is 11.8. The first-order valence-corrected chi connectivity index (χ1v) is 4.58. The van der Waals surface area contributed by atoms with Crippen LogP contribution in [0.4, 0.5) is 0 Å². The molecule has 5 N–H and O–H groups in total. The van der Waals surface area contributed by atoms with Crippen molar-refractivity contribution in [3.05, 3.63) is 0 Å². The Morgan fingerprint density at radius 1 is 1.33 bits per heavy atom. The van der Waals surface area contributed by atoms with Gasteiger partial charge in [-0.2, -0.15) is 0 Å². The summed E-state index contributed by atoms with van der Waals surface area (Å²) in [6, 6.07) is 0. The molecule has 0 aromatic rings. The summed E-state index contributed by atoms with van der Waals surface area (Å²) < 4.78 is 4.73. The zero-order valence-electron chi connectivity index (χ0n) is 7.52. The maximum absolute atomic E-state index is 10.8. The summed E-state index contributed by atoms with van der Waals surface area (Å²) in [6.07, 6.45) is -6.51. The van der Waals surface area contributed by atoms with E-state index < -0.39 is 41.9 Å². The summed E-state index contributed by atoms with van der Waals surface area (Å²) in [5.41, 5.74) is 0. The van der Waals surface area contributed by atoms with Gasteiger partial charge in [0.1, 0.15) is 24.4 Å². The number of ether oxygens (including phenoxy) is 1. The van der Waals surface area contributed by atoms with Crippen molar-refractivity contribution in [1.82, 2.24) is 0 Å². The highest BCUT2D eigenvalue weighted by molar-refractivity contribution is 7.82. The van der Waals surface area contributed by atoms with Gasteiger partial charge in [-0.1, -0.05) is 0 Å². The predicted molar refractivity (Wildman–Crippen MR) is 49.3 cm³/mol. The Hall–Kier alpha value is -0.380. The molecule has 0 radical (unpaired) electrons. The van der Waals surface area contributed by atoms with Gasteiger partial charge in [0.15, 0.2) is 0 Å². The molecule has 1 fully saturated rings. The molecule has 0 aromatic carbocycles. The first kappa shape index (κ1) is 12.7. The van der Waals surface area contributed by atoms with E-state index in [-0.39, 0.29) is 0 Å². The van der Waals surface area contributed by atoms with Gasteiger partial charge in [0.25, 0.3) is 0 Å². The number of hydrogen-bond donors (Lipinski definition) is 6. The van der Waals surface area contributed by atoms with Gasteiger partial charge in [-0.15, -0.1) is 12.6 Å². The van der Waals surface area contributed by atoms with Crippen molar-refractivity contribution in [2.75, 3.05) is 6.61 Å². The van der Waals surface area contributed by atoms with E-state index in [9.17, 15) is 20.1 Å². The molecule has 0 amide bonds. The molecule has 0 saturated carbocycles. The molecule has 1 aliphatic rings. The molecule has 1 rings (SSSR count). The van der Waals surface area contributed by atoms with E-state index in [1.165, 1.54) is 0 Å². The number of hydrogen-bond acceptors (Lipinski definition) is 7. The standard InChI is InChI=1S/C7H12O7S/c8-1-2-3(9)4(10)5(11)7(15,14-2)6(12)13/h2-5,8-11,15H,1H2,(H,12,13)/t2-,3-,4+,5-,7?/m1/s1. The second kappa shape index (κ2) is 4.24. The summed E-state index contributed by atoms with van der Waals surface area (Å²) in [4.78, 5) is 8.42. The number of aliphatic carboxylic acids is 1. The first-order chi connectivity index (χ1) is 6.84. The fourth-order valence-corrected chi connectivity index (χ4v) is 1.62. The molecule has 1 saturated heterocycles. The molecule has 0 aromatic heterocycles. The molecule has 0 aliphatic carbocycles. The monoisotopic (exact) mass is 240 g/mol. The van der Waals surface area contributed by atoms with Crippen molar-refractivity contribution < 1.29 is 35.1 Å². The Morgan fingerprint density at radius 2 is 1.87 bits per heavy atom. The molecule has 88 valence electrons. The van der Waals surface area contributed by atoms with Crippen LogP contribution in [0.2, 0.25) is 0 Å². The lowest BCUT2D eigenvalue weighted by Crippen LogP contribution is -2.65. The molecule has 1 unspecified atom stereocenters. The molecule has 1 heterocycles. The Balaban J connectivity index is 2.97. The number of aliphatic hydroxyl groups is 4. The van der Waals surface area contributed by atoms with Crippen LogP contribution in [0.5, 0.6) is 0 Å². The number of carbonyl (C=O) groups is 1. The highest BCUT2D eigenvalue weighted by atomic mass is 32.1. The molecular formula is C7H12O7S. The molecule has 0 spiro atoms. The summed E-state index contributed by atoms with van der Waals surface area (Å²) in [7, 11) is 0. The minimum atomic E-state index is -2.34.